The standard InChI is InChI=1S/C15H25N/c1-5-8-9-11-15(14(4)6-2)12-10-13-16-7-3/h1,9,11,16H,6-8,10,12-13H2,2-4H3/b11-9-,15-14+. The third-order valence-electron chi connectivity index (χ3n) is 2.68. The first-order valence-corrected chi connectivity index (χ1v) is 6.25. The zero-order valence-corrected chi connectivity index (χ0v) is 11.0. The molecule has 0 aliphatic carbocycles. The smallest absolute Gasteiger partial charge is 0.0270 e. The molecule has 0 aliphatic rings. The topological polar surface area (TPSA) is 12.0 Å². The molecule has 0 atom stereocenters. The van der Waals surface area contributed by atoms with Crippen molar-refractivity contribution in [2.45, 2.75) is 46.5 Å². The van der Waals surface area contributed by atoms with Crippen LogP contribution in [0.25, 0.3) is 0 Å². The van der Waals surface area contributed by atoms with Crippen molar-refractivity contribution < 1.29 is 0 Å². The number of hydrogen-bond acceptors (Lipinski definition) is 1. The maximum absolute atomic E-state index is 5.24. The van der Waals surface area contributed by atoms with Gasteiger partial charge in [0.15, 0.2) is 0 Å². The largest absolute Gasteiger partial charge is 0.317 e. The zero-order valence-electron chi connectivity index (χ0n) is 11.0. The van der Waals surface area contributed by atoms with Crippen LogP contribution in [0.3, 0.4) is 0 Å². The van der Waals surface area contributed by atoms with E-state index in [1.807, 2.05) is 0 Å². The summed E-state index contributed by atoms with van der Waals surface area (Å²) >= 11 is 0. The van der Waals surface area contributed by atoms with Crippen molar-refractivity contribution in [2.75, 3.05) is 13.1 Å². The minimum absolute atomic E-state index is 0.730. The van der Waals surface area contributed by atoms with Crippen molar-refractivity contribution in [3.8, 4) is 12.3 Å². The molecule has 0 bridgehead atoms. The number of rotatable bonds is 8. The number of hydrogen-bond donors (Lipinski definition) is 1. The molecule has 1 nitrogen and oxygen atoms in total. The molecule has 0 fully saturated rings. The van der Waals surface area contributed by atoms with Crippen LogP contribution in [0, 0.1) is 12.3 Å². The molecule has 0 rings (SSSR count). The van der Waals surface area contributed by atoms with E-state index in [0.717, 1.165) is 32.4 Å². The number of terminal acetylenes is 1. The Morgan fingerprint density at radius 2 is 2.12 bits per heavy atom. The van der Waals surface area contributed by atoms with Gasteiger partial charge in [-0.05, 0) is 44.8 Å². The first kappa shape index (κ1) is 15.0. The Hall–Kier alpha value is -1.00. The second-order valence-electron chi connectivity index (χ2n) is 3.93. The van der Waals surface area contributed by atoms with E-state index in [-0.39, 0.29) is 0 Å². The van der Waals surface area contributed by atoms with Crippen LogP contribution in [0.4, 0.5) is 0 Å². The van der Waals surface area contributed by atoms with E-state index in [9.17, 15) is 0 Å². The molecule has 0 amide bonds. The summed E-state index contributed by atoms with van der Waals surface area (Å²) in [5, 5.41) is 3.35. The first-order chi connectivity index (χ1) is 7.76. The lowest BCUT2D eigenvalue weighted by Gasteiger charge is -2.07. The monoisotopic (exact) mass is 219 g/mol. The molecule has 0 aromatic carbocycles. The molecule has 0 radical (unpaired) electrons. The summed E-state index contributed by atoms with van der Waals surface area (Å²) in [7, 11) is 0. The number of allylic oxidation sites excluding steroid dienone is 4. The Bertz CT molecular complexity index is 266. The SMILES string of the molecule is C#CC/C=C\C(CCCNCC)=C(\C)CC. The van der Waals surface area contributed by atoms with Gasteiger partial charge >= 0.3 is 0 Å². The third-order valence-corrected chi connectivity index (χ3v) is 2.68. The lowest BCUT2D eigenvalue weighted by atomic mass is 10.0. The van der Waals surface area contributed by atoms with E-state index in [4.69, 9.17) is 6.42 Å². The fraction of sp³-hybridized carbons (Fsp3) is 0.600. The second kappa shape index (κ2) is 10.5. The van der Waals surface area contributed by atoms with E-state index in [1.54, 1.807) is 0 Å². The second-order valence-corrected chi connectivity index (χ2v) is 3.93. The summed E-state index contributed by atoms with van der Waals surface area (Å²) in [6, 6.07) is 0. The van der Waals surface area contributed by atoms with Crippen LogP contribution in [0.5, 0.6) is 0 Å². The van der Waals surface area contributed by atoms with Crippen molar-refractivity contribution in [1.29, 1.82) is 0 Å². The van der Waals surface area contributed by atoms with E-state index in [2.05, 4.69) is 44.2 Å². The van der Waals surface area contributed by atoms with Gasteiger partial charge in [-0.1, -0.05) is 31.6 Å². The van der Waals surface area contributed by atoms with E-state index < -0.39 is 0 Å². The highest BCUT2D eigenvalue weighted by Crippen LogP contribution is 2.15. The molecule has 0 spiro atoms. The molecular weight excluding hydrogens is 194 g/mol. The molecule has 0 heterocycles. The summed E-state index contributed by atoms with van der Waals surface area (Å²) in [5.74, 6) is 2.63. The molecule has 90 valence electrons. The Balaban J connectivity index is 4.19. The highest BCUT2D eigenvalue weighted by molar-refractivity contribution is 5.25. The van der Waals surface area contributed by atoms with Crippen LogP contribution in [0.15, 0.2) is 23.3 Å². The Labute approximate surface area is 101 Å². The highest BCUT2D eigenvalue weighted by atomic mass is 14.8. The van der Waals surface area contributed by atoms with Crippen molar-refractivity contribution in [2.24, 2.45) is 0 Å². The summed E-state index contributed by atoms with van der Waals surface area (Å²) in [4.78, 5) is 0. The lowest BCUT2D eigenvalue weighted by Crippen LogP contribution is -2.13. The maximum Gasteiger partial charge on any atom is 0.0270 e. The normalized spacial score (nSPS) is 12.6. The maximum atomic E-state index is 5.24. The van der Waals surface area contributed by atoms with Crippen LogP contribution in [0.2, 0.25) is 0 Å². The summed E-state index contributed by atoms with van der Waals surface area (Å²) in [6.45, 7) is 8.71. The minimum atomic E-state index is 0.730. The van der Waals surface area contributed by atoms with E-state index in [1.165, 1.54) is 17.6 Å². The summed E-state index contributed by atoms with van der Waals surface area (Å²) < 4.78 is 0. The predicted molar refractivity (Wildman–Crippen MR) is 73.4 cm³/mol. The van der Waals surface area contributed by atoms with Crippen LogP contribution < -0.4 is 5.32 Å². The molecule has 0 aliphatic heterocycles. The van der Waals surface area contributed by atoms with Gasteiger partial charge in [0.25, 0.3) is 0 Å². The van der Waals surface area contributed by atoms with Crippen molar-refractivity contribution in [3.63, 3.8) is 0 Å². The molecule has 0 aromatic heterocycles. The third kappa shape index (κ3) is 7.31. The Morgan fingerprint density at radius 1 is 1.38 bits per heavy atom. The zero-order chi connectivity index (χ0) is 12.2. The van der Waals surface area contributed by atoms with Crippen LogP contribution in [0.1, 0.15) is 46.5 Å². The van der Waals surface area contributed by atoms with Gasteiger partial charge in [-0.15, -0.1) is 12.3 Å². The van der Waals surface area contributed by atoms with Crippen LogP contribution in [-0.2, 0) is 0 Å². The van der Waals surface area contributed by atoms with Gasteiger partial charge in [-0.3, -0.25) is 0 Å². The van der Waals surface area contributed by atoms with Gasteiger partial charge < -0.3 is 5.32 Å². The van der Waals surface area contributed by atoms with Gasteiger partial charge in [-0.2, -0.15) is 0 Å². The highest BCUT2D eigenvalue weighted by Gasteiger charge is 1.97. The van der Waals surface area contributed by atoms with Crippen molar-refractivity contribution in [3.05, 3.63) is 23.3 Å². The quantitative estimate of drug-likeness (QED) is 0.373. The summed E-state index contributed by atoms with van der Waals surface area (Å²) in [6.07, 6.45) is 13.7. The first-order valence-electron chi connectivity index (χ1n) is 6.25. The molecule has 1 heteroatoms. The van der Waals surface area contributed by atoms with E-state index >= 15 is 0 Å². The van der Waals surface area contributed by atoms with Gasteiger partial charge in [-0.25, -0.2) is 0 Å². The van der Waals surface area contributed by atoms with Gasteiger partial charge in [0.1, 0.15) is 0 Å². The van der Waals surface area contributed by atoms with Crippen LogP contribution in [-0.4, -0.2) is 13.1 Å². The molecule has 0 saturated heterocycles. The average Bonchev–Trinajstić information content (AvgIpc) is 2.31. The molecule has 1 N–H and O–H groups in total. The van der Waals surface area contributed by atoms with Gasteiger partial charge in [0.2, 0.25) is 0 Å². The van der Waals surface area contributed by atoms with Crippen molar-refractivity contribution in [1.82, 2.24) is 5.32 Å². The Kier molecular flexibility index (Phi) is 9.86. The average molecular weight is 219 g/mol. The van der Waals surface area contributed by atoms with Crippen molar-refractivity contribution >= 4 is 0 Å². The predicted octanol–water partition coefficient (Wildman–Crippen LogP) is 3.68. The van der Waals surface area contributed by atoms with Gasteiger partial charge in [0, 0.05) is 6.42 Å². The number of nitrogens with one attached hydrogen (secondary N) is 1. The molecule has 0 saturated carbocycles. The van der Waals surface area contributed by atoms with Gasteiger partial charge in [0.05, 0.1) is 0 Å². The Morgan fingerprint density at radius 3 is 2.69 bits per heavy atom. The minimum Gasteiger partial charge on any atom is -0.317 e. The van der Waals surface area contributed by atoms with E-state index in [0.29, 0.717) is 0 Å². The summed E-state index contributed by atoms with van der Waals surface area (Å²) in [5.41, 5.74) is 2.93. The molecular formula is C15H25N. The fourth-order valence-electron chi connectivity index (χ4n) is 1.52. The lowest BCUT2D eigenvalue weighted by molar-refractivity contribution is 0.671. The molecule has 16 heavy (non-hydrogen) atoms. The fourth-order valence-corrected chi connectivity index (χ4v) is 1.52. The molecule has 0 aromatic rings. The van der Waals surface area contributed by atoms with Crippen LogP contribution >= 0.6 is 0 Å². The molecule has 0 unspecified atom stereocenters.